The molecule has 1 saturated heterocycles. The van der Waals surface area contributed by atoms with Crippen molar-refractivity contribution in [3.8, 4) is 0 Å². The van der Waals surface area contributed by atoms with Gasteiger partial charge in [-0.25, -0.2) is 8.78 Å². The number of nitrogens with one attached hydrogen (secondary N) is 1. The van der Waals surface area contributed by atoms with Crippen molar-refractivity contribution in [2.24, 2.45) is 0 Å². The molecule has 110 valence electrons. The molecule has 0 radical (unpaired) electrons. The van der Waals surface area contributed by atoms with Gasteiger partial charge in [0.05, 0.1) is 0 Å². The molecule has 1 N–H and O–H groups in total. The molecule has 2 nitrogen and oxygen atoms in total. The third-order valence-corrected chi connectivity index (χ3v) is 4.83. The van der Waals surface area contributed by atoms with Crippen LogP contribution in [0, 0.1) is 11.6 Å². The van der Waals surface area contributed by atoms with E-state index in [0.29, 0.717) is 0 Å². The highest BCUT2D eigenvalue weighted by molar-refractivity contribution is 5.18. The minimum atomic E-state index is -0.763. The first-order chi connectivity index (χ1) is 9.70. The molecule has 1 aliphatic heterocycles. The van der Waals surface area contributed by atoms with Crippen molar-refractivity contribution >= 4 is 0 Å². The van der Waals surface area contributed by atoms with Crippen LogP contribution in [-0.2, 0) is 6.54 Å². The summed E-state index contributed by atoms with van der Waals surface area (Å²) >= 11 is 0. The second kappa shape index (κ2) is 5.78. The fourth-order valence-corrected chi connectivity index (χ4v) is 3.69. The molecule has 1 spiro atoms. The number of piperazine rings is 1. The minimum absolute atomic E-state index is 0.224. The molecule has 1 heterocycles. The van der Waals surface area contributed by atoms with Gasteiger partial charge in [-0.15, -0.1) is 0 Å². The summed E-state index contributed by atoms with van der Waals surface area (Å²) in [5.74, 6) is -1.50. The fraction of sp³-hybridized carbons (Fsp3) is 0.625. The standard InChI is InChI=1S/C16H22F2N2/c17-14-5-4-13(10-15(14)18)11-20-9-8-19-12-16(20)6-2-1-3-7-16/h4-5,10,19H,1-3,6-9,11-12H2. The lowest BCUT2D eigenvalue weighted by Crippen LogP contribution is -2.61. The van der Waals surface area contributed by atoms with E-state index in [1.165, 1.54) is 44.2 Å². The highest BCUT2D eigenvalue weighted by Gasteiger charge is 2.39. The first kappa shape index (κ1) is 14.0. The maximum Gasteiger partial charge on any atom is 0.159 e. The second-order valence-corrected chi connectivity index (χ2v) is 6.13. The Labute approximate surface area is 119 Å². The number of benzene rings is 1. The van der Waals surface area contributed by atoms with E-state index in [4.69, 9.17) is 0 Å². The molecule has 2 aliphatic rings. The Morgan fingerprint density at radius 2 is 1.90 bits per heavy atom. The number of nitrogens with zero attached hydrogens (tertiary/aromatic N) is 1. The molecule has 3 rings (SSSR count). The van der Waals surface area contributed by atoms with Crippen molar-refractivity contribution in [1.82, 2.24) is 10.2 Å². The summed E-state index contributed by atoms with van der Waals surface area (Å²) in [7, 11) is 0. The van der Waals surface area contributed by atoms with E-state index in [1.54, 1.807) is 6.07 Å². The van der Waals surface area contributed by atoms with Crippen LogP contribution in [0.5, 0.6) is 0 Å². The van der Waals surface area contributed by atoms with Crippen LogP contribution in [0.25, 0.3) is 0 Å². The molecule has 0 aromatic heterocycles. The molecule has 1 aromatic carbocycles. The molecule has 0 bridgehead atoms. The highest BCUT2D eigenvalue weighted by Crippen LogP contribution is 2.35. The third-order valence-electron chi connectivity index (χ3n) is 4.83. The summed E-state index contributed by atoms with van der Waals surface area (Å²) in [6, 6.07) is 4.28. The summed E-state index contributed by atoms with van der Waals surface area (Å²) < 4.78 is 26.4. The maximum atomic E-state index is 13.4. The van der Waals surface area contributed by atoms with E-state index in [1.807, 2.05) is 0 Å². The van der Waals surface area contributed by atoms with Crippen molar-refractivity contribution in [1.29, 1.82) is 0 Å². The second-order valence-electron chi connectivity index (χ2n) is 6.13. The zero-order valence-corrected chi connectivity index (χ0v) is 11.8. The number of rotatable bonds is 2. The first-order valence-corrected chi connectivity index (χ1v) is 7.59. The summed E-state index contributed by atoms with van der Waals surface area (Å²) in [6.07, 6.45) is 6.29. The monoisotopic (exact) mass is 280 g/mol. The van der Waals surface area contributed by atoms with Crippen LogP contribution in [0.4, 0.5) is 8.78 Å². The van der Waals surface area contributed by atoms with E-state index < -0.39 is 11.6 Å². The lowest BCUT2D eigenvalue weighted by atomic mass is 9.79. The van der Waals surface area contributed by atoms with E-state index in [9.17, 15) is 8.78 Å². The van der Waals surface area contributed by atoms with E-state index >= 15 is 0 Å². The largest absolute Gasteiger partial charge is 0.314 e. The summed E-state index contributed by atoms with van der Waals surface area (Å²) in [5, 5.41) is 3.51. The van der Waals surface area contributed by atoms with Gasteiger partial charge in [-0.1, -0.05) is 25.3 Å². The van der Waals surface area contributed by atoms with Gasteiger partial charge in [0.2, 0.25) is 0 Å². The molecule has 2 fully saturated rings. The van der Waals surface area contributed by atoms with Gasteiger partial charge in [0, 0.05) is 31.7 Å². The predicted octanol–water partition coefficient (Wildman–Crippen LogP) is 3.07. The molecular weight excluding hydrogens is 258 g/mol. The maximum absolute atomic E-state index is 13.4. The van der Waals surface area contributed by atoms with Crippen LogP contribution in [0.3, 0.4) is 0 Å². The Bertz CT molecular complexity index is 461. The van der Waals surface area contributed by atoms with Gasteiger partial charge in [-0.2, -0.15) is 0 Å². The zero-order chi connectivity index (χ0) is 14.0. The summed E-state index contributed by atoms with van der Waals surface area (Å²) in [6.45, 7) is 3.71. The Balaban J connectivity index is 1.77. The van der Waals surface area contributed by atoms with Crippen LogP contribution in [-0.4, -0.2) is 30.1 Å². The van der Waals surface area contributed by atoms with Gasteiger partial charge in [0.25, 0.3) is 0 Å². The van der Waals surface area contributed by atoms with E-state index in [0.717, 1.165) is 31.7 Å². The lowest BCUT2D eigenvalue weighted by molar-refractivity contribution is 0.0208. The first-order valence-electron chi connectivity index (χ1n) is 7.59. The average molecular weight is 280 g/mol. The van der Waals surface area contributed by atoms with Crippen molar-refractivity contribution < 1.29 is 8.78 Å². The van der Waals surface area contributed by atoms with Crippen molar-refractivity contribution in [3.63, 3.8) is 0 Å². The van der Waals surface area contributed by atoms with Crippen LogP contribution in [0.1, 0.15) is 37.7 Å². The van der Waals surface area contributed by atoms with E-state index in [2.05, 4.69) is 10.2 Å². The normalized spacial score (nSPS) is 23.1. The van der Waals surface area contributed by atoms with Crippen LogP contribution >= 0.6 is 0 Å². The fourth-order valence-electron chi connectivity index (χ4n) is 3.69. The van der Waals surface area contributed by atoms with Gasteiger partial charge in [0.15, 0.2) is 11.6 Å². The smallest absolute Gasteiger partial charge is 0.159 e. The number of halogens is 2. The lowest BCUT2D eigenvalue weighted by Gasteiger charge is -2.50. The molecule has 0 amide bonds. The van der Waals surface area contributed by atoms with Crippen LogP contribution in [0.15, 0.2) is 18.2 Å². The van der Waals surface area contributed by atoms with Gasteiger partial charge in [0.1, 0.15) is 0 Å². The third kappa shape index (κ3) is 2.72. The number of hydrogen-bond acceptors (Lipinski definition) is 2. The minimum Gasteiger partial charge on any atom is -0.314 e. The molecule has 1 aromatic rings. The predicted molar refractivity (Wildman–Crippen MR) is 75.5 cm³/mol. The molecule has 1 aliphatic carbocycles. The van der Waals surface area contributed by atoms with Crippen molar-refractivity contribution in [2.75, 3.05) is 19.6 Å². The SMILES string of the molecule is Fc1ccc(CN2CCNCC23CCCCC3)cc1F. The summed E-state index contributed by atoms with van der Waals surface area (Å²) in [4.78, 5) is 2.48. The van der Waals surface area contributed by atoms with Crippen molar-refractivity contribution in [2.45, 2.75) is 44.2 Å². The topological polar surface area (TPSA) is 15.3 Å². The molecule has 20 heavy (non-hydrogen) atoms. The number of hydrogen-bond donors (Lipinski definition) is 1. The van der Waals surface area contributed by atoms with Crippen LogP contribution < -0.4 is 5.32 Å². The quantitative estimate of drug-likeness (QED) is 0.895. The highest BCUT2D eigenvalue weighted by atomic mass is 19.2. The molecular formula is C16H22F2N2. The van der Waals surface area contributed by atoms with Gasteiger partial charge in [-0.05, 0) is 30.5 Å². The van der Waals surface area contributed by atoms with Crippen LogP contribution in [0.2, 0.25) is 0 Å². The summed E-state index contributed by atoms with van der Waals surface area (Å²) in [5.41, 5.74) is 1.09. The van der Waals surface area contributed by atoms with Gasteiger partial charge >= 0.3 is 0 Å². The Kier molecular flexibility index (Phi) is 4.03. The molecule has 1 saturated carbocycles. The Morgan fingerprint density at radius 1 is 1.10 bits per heavy atom. The molecule has 0 atom stereocenters. The van der Waals surface area contributed by atoms with Crippen molar-refractivity contribution in [3.05, 3.63) is 35.4 Å². The van der Waals surface area contributed by atoms with Gasteiger partial charge in [-0.3, -0.25) is 4.90 Å². The molecule has 4 heteroatoms. The van der Waals surface area contributed by atoms with Gasteiger partial charge < -0.3 is 5.32 Å². The zero-order valence-electron chi connectivity index (χ0n) is 11.8. The van der Waals surface area contributed by atoms with E-state index in [-0.39, 0.29) is 5.54 Å². The Hall–Kier alpha value is -1.00. The average Bonchev–Trinajstić information content (AvgIpc) is 2.47. The molecule has 0 unspecified atom stereocenters. The Morgan fingerprint density at radius 3 is 2.65 bits per heavy atom.